The lowest BCUT2D eigenvalue weighted by atomic mass is 9.87. The Morgan fingerprint density at radius 1 is 1.19 bits per heavy atom. The monoisotopic (exact) mass is 291 g/mol. The van der Waals surface area contributed by atoms with E-state index in [1.165, 1.54) is 19.3 Å². The van der Waals surface area contributed by atoms with Gasteiger partial charge in [0.25, 0.3) is 0 Å². The van der Waals surface area contributed by atoms with Crippen LogP contribution in [0, 0.1) is 12.3 Å². The molecule has 1 fully saturated rings. The van der Waals surface area contributed by atoms with Crippen LogP contribution in [0.2, 0.25) is 0 Å². The van der Waals surface area contributed by atoms with E-state index in [2.05, 4.69) is 50.3 Å². The molecular formula is C16H29N5. The summed E-state index contributed by atoms with van der Waals surface area (Å²) in [6.45, 7) is 13.0. The average Bonchev–Trinajstić information content (AvgIpc) is 2.70. The summed E-state index contributed by atoms with van der Waals surface area (Å²) < 4.78 is 0. The Kier molecular flexibility index (Phi) is 4.15. The van der Waals surface area contributed by atoms with Crippen molar-refractivity contribution in [3.05, 3.63) is 11.4 Å². The quantitative estimate of drug-likeness (QED) is 0.588. The fourth-order valence-corrected chi connectivity index (χ4v) is 2.89. The molecule has 1 unspecified atom stereocenters. The smallest absolute Gasteiger partial charge is 0.148 e. The van der Waals surface area contributed by atoms with Gasteiger partial charge in [-0.25, -0.2) is 15.8 Å². The summed E-state index contributed by atoms with van der Waals surface area (Å²) in [6.07, 6.45) is 3.71. The van der Waals surface area contributed by atoms with E-state index in [9.17, 15) is 0 Å². The normalized spacial score (nSPS) is 21.4. The molecule has 1 aromatic rings. The Morgan fingerprint density at radius 2 is 1.81 bits per heavy atom. The van der Waals surface area contributed by atoms with Gasteiger partial charge in [-0.2, -0.15) is 0 Å². The van der Waals surface area contributed by atoms with E-state index in [1.54, 1.807) is 0 Å². The molecule has 0 saturated heterocycles. The third kappa shape index (κ3) is 3.28. The first-order chi connectivity index (χ1) is 9.65. The molecule has 1 aliphatic carbocycles. The molecule has 0 aliphatic heterocycles. The van der Waals surface area contributed by atoms with Gasteiger partial charge in [0.2, 0.25) is 0 Å². The molecule has 1 aromatic heterocycles. The number of nitrogens with one attached hydrogen (secondary N) is 2. The van der Waals surface area contributed by atoms with Gasteiger partial charge >= 0.3 is 0 Å². The van der Waals surface area contributed by atoms with Crippen molar-refractivity contribution in [1.82, 2.24) is 9.97 Å². The van der Waals surface area contributed by atoms with Gasteiger partial charge in [-0.15, -0.1) is 0 Å². The molecule has 1 atom stereocenters. The van der Waals surface area contributed by atoms with Crippen LogP contribution in [0.5, 0.6) is 0 Å². The molecule has 0 amide bonds. The van der Waals surface area contributed by atoms with E-state index in [4.69, 9.17) is 10.8 Å². The van der Waals surface area contributed by atoms with Crippen molar-refractivity contribution in [2.45, 2.75) is 72.3 Å². The first kappa shape index (κ1) is 16.0. The number of nitrogens with zero attached hydrogens (tertiary/aromatic N) is 2. The van der Waals surface area contributed by atoms with Crippen LogP contribution in [-0.2, 0) is 5.41 Å². The van der Waals surface area contributed by atoms with Gasteiger partial charge in [0.15, 0.2) is 0 Å². The van der Waals surface area contributed by atoms with Crippen LogP contribution in [0.25, 0.3) is 0 Å². The van der Waals surface area contributed by atoms with Crippen molar-refractivity contribution < 1.29 is 0 Å². The summed E-state index contributed by atoms with van der Waals surface area (Å²) in [5.74, 6) is 8.04. The third-order valence-electron chi connectivity index (χ3n) is 4.52. The fourth-order valence-electron chi connectivity index (χ4n) is 2.89. The minimum Gasteiger partial charge on any atom is -0.366 e. The summed E-state index contributed by atoms with van der Waals surface area (Å²) in [4.78, 5) is 9.31. The van der Waals surface area contributed by atoms with E-state index < -0.39 is 0 Å². The predicted molar refractivity (Wildman–Crippen MR) is 88.3 cm³/mol. The van der Waals surface area contributed by atoms with E-state index in [0.717, 1.165) is 17.2 Å². The van der Waals surface area contributed by atoms with Crippen molar-refractivity contribution in [2.75, 3.05) is 10.7 Å². The van der Waals surface area contributed by atoms with Crippen molar-refractivity contribution in [2.24, 2.45) is 11.3 Å². The molecule has 5 heteroatoms. The first-order valence-electron chi connectivity index (χ1n) is 7.77. The van der Waals surface area contributed by atoms with Crippen LogP contribution in [0.3, 0.4) is 0 Å². The summed E-state index contributed by atoms with van der Waals surface area (Å²) in [6, 6.07) is 0.449. The topological polar surface area (TPSA) is 75.9 Å². The summed E-state index contributed by atoms with van der Waals surface area (Å²) in [7, 11) is 0. The highest BCUT2D eigenvalue weighted by Gasteiger charge is 2.35. The Bertz CT molecular complexity index is 516. The van der Waals surface area contributed by atoms with Crippen LogP contribution >= 0.6 is 0 Å². The molecule has 21 heavy (non-hydrogen) atoms. The highest BCUT2D eigenvalue weighted by molar-refractivity contribution is 5.57. The second-order valence-electron chi connectivity index (χ2n) is 7.84. The number of nitrogens with two attached hydrogens (primary N) is 1. The Balaban J connectivity index is 2.38. The molecule has 1 heterocycles. The Morgan fingerprint density at radius 3 is 2.29 bits per heavy atom. The number of aromatic nitrogens is 2. The SMILES string of the molecule is Cc1c(NN)nc(C(C)(C)C)nc1NC1CCCC1(C)C. The maximum absolute atomic E-state index is 5.63. The number of hydrogen-bond donors (Lipinski definition) is 3. The highest BCUT2D eigenvalue weighted by atomic mass is 15.3. The summed E-state index contributed by atoms with van der Waals surface area (Å²) in [5, 5.41) is 3.64. The van der Waals surface area contributed by atoms with Crippen LogP contribution in [-0.4, -0.2) is 16.0 Å². The van der Waals surface area contributed by atoms with Crippen molar-refractivity contribution >= 4 is 11.6 Å². The Hall–Kier alpha value is -1.36. The van der Waals surface area contributed by atoms with Crippen LogP contribution in [0.15, 0.2) is 0 Å². The van der Waals surface area contributed by atoms with E-state index in [0.29, 0.717) is 17.3 Å². The number of hydrogen-bond acceptors (Lipinski definition) is 5. The molecular weight excluding hydrogens is 262 g/mol. The molecule has 0 aromatic carbocycles. The molecule has 0 radical (unpaired) electrons. The Labute approximate surface area is 128 Å². The van der Waals surface area contributed by atoms with E-state index in [-0.39, 0.29) is 5.41 Å². The number of rotatable bonds is 3. The fraction of sp³-hybridized carbons (Fsp3) is 0.750. The minimum atomic E-state index is -0.110. The average molecular weight is 291 g/mol. The molecule has 1 saturated carbocycles. The van der Waals surface area contributed by atoms with Gasteiger partial charge in [0, 0.05) is 17.0 Å². The van der Waals surface area contributed by atoms with Crippen LogP contribution < -0.4 is 16.6 Å². The molecule has 5 nitrogen and oxygen atoms in total. The predicted octanol–water partition coefficient (Wildman–Crippen LogP) is 3.36. The molecule has 2 rings (SSSR count). The van der Waals surface area contributed by atoms with Gasteiger partial charge in [0.1, 0.15) is 17.5 Å². The third-order valence-corrected chi connectivity index (χ3v) is 4.52. The lowest BCUT2D eigenvalue weighted by Crippen LogP contribution is -2.32. The lowest BCUT2D eigenvalue weighted by Gasteiger charge is -2.30. The zero-order chi connectivity index (χ0) is 15.8. The minimum absolute atomic E-state index is 0.110. The van der Waals surface area contributed by atoms with Crippen molar-refractivity contribution in [1.29, 1.82) is 0 Å². The van der Waals surface area contributed by atoms with Crippen LogP contribution in [0.4, 0.5) is 11.6 Å². The zero-order valence-electron chi connectivity index (χ0n) is 14.2. The molecule has 0 spiro atoms. The van der Waals surface area contributed by atoms with E-state index >= 15 is 0 Å². The van der Waals surface area contributed by atoms with Gasteiger partial charge < -0.3 is 10.7 Å². The summed E-state index contributed by atoms with van der Waals surface area (Å²) in [5.41, 5.74) is 3.87. The zero-order valence-corrected chi connectivity index (χ0v) is 14.2. The maximum Gasteiger partial charge on any atom is 0.148 e. The van der Waals surface area contributed by atoms with Gasteiger partial charge in [0.05, 0.1) is 0 Å². The second-order valence-corrected chi connectivity index (χ2v) is 7.84. The number of hydrazine groups is 1. The van der Waals surface area contributed by atoms with E-state index in [1.807, 2.05) is 6.92 Å². The largest absolute Gasteiger partial charge is 0.366 e. The molecule has 4 N–H and O–H groups in total. The van der Waals surface area contributed by atoms with Gasteiger partial charge in [-0.05, 0) is 25.2 Å². The second kappa shape index (κ2) is 5.44. The highest BCUT2D eigenvalue weighted by Crippen LogP contribution is 2.39. The molecule has 0 bridgehead atoms. The van der Waals surface area contributed by atoms with Gasteiger partial charge in [-0.3, -0.25) is 0 Å². The van der Waals surface area contributed by atoms with Crippen molar-refractivity contribution in [3.8, 4) is 0 Å². The number of nitrogen functional groups attached to an aromatic ring is 1. The standard InChI is InChI=1S/C16H29N5/c1-10-12(18-11-8-7-9-16(11,5)6)19-14(15(2,3)4)20-13(10)21-17/h11H,7-9,17H2,1-6H3,(H2,18,19,20,21). The number of anilines is 2. The lowest BCUT2D eigenvalue weighted by molar-refractivity contribution is 0.349. The molecule has 118 valence electrons. The summed E-state index contributed by atoms with van der Waals surface area (Å²) >= 11 is 0. The van der Waals surface area contributed by atoms with Gasteiger partial charge in [-0.1, -0.05) is 41.0 Å². The maximum atomic E-state index is 5.63. The first-order valence-corrected chi connectivity index (χ1v) is 7.77. The van der Waals surface area contributed by atoms with Crippen LogP contribution in [0.1, 0.15) is 65.3 Å². The van der Waals surface area contributed by atoms with Crippen molar-refractivity contribution in [3.63, 3.8) is 0 Å². The molecule has 1 aliphatic rings.